The Morgan fingerprint density at radius 2 is 2.15 bits per heavy atom. The Hall–Kier alpha value is -2.63. The van der Waals surface area contributed by atoms with Crippen LogP contribution in [0.25, 0.3) is 0 Å². The van der Waals surface area contributed by atoms with Crippen molar-refractivity contribution in [3.8, 4) is 0 Å². The van der Waals surface area contributed by atoms with Gasteiger partial charge in [0.2, 0.25) is 0 Å². The molecule has 1 aromatic heterocycles. The van der Waals surface area contributed by atoms with Crippen molar-refractivity contribution < 1.29 is 14.1 Å². The lowest BCUT2D eigenvalue weighted by Crippen LogP contribution is -2.52. The van der Waals surface area contributed by atoms with Gasteiger partial charge in [0.1, 0.15) is 11.8 Å². The summed E-state index contributed by atoms with van der Waals surface area (Å²) in [5.74, 6) is 0.194. The summed E-state index contributed by atoms with van der Waals surface area (Å²) in [4.78, 5) is 27.8. The predicted molar refractivity (Wildman–Crippen MR) is 101 cm³/mol. The van der Waals surface area contributed by atoms with E-state index in [0.29, 0.717) is 42.2 Å². The number of hydrogen-bond acceptors (Lipinski definition) is 4. The van der Waals surface area contributed by atoms with Crippen molar-refractivity contribution in [1.82, 2.24) is 15.4 Å². The van der Waals surface area contributed by atoms with Crippen LogP contribution in [0.5, 0.6) is 0 Å². The number of carbonyl (C=O) groups is 2. The average Bonchev–Trinajstić information content (AvgIpc) is 3.34. The van der Waals surface area contributed by atoms with Gasteiger partial charge in [0.25, 0.3) is 11.8 Å². The molecule has 142 valence electrons. The molecule has 0 unspecified atom stereocenters. The van der Waals surface area contributed by atoms with Crippen LogP contribution in [0.2, 0.25) is 0 Å². The fraction of sp³-hybridized carbons (Fsp3) is 0.476. The highest BCUT2D eigenvalue weighted by Gasteiger charge is 2.52. The molecule has 4 rings (SSSR count). The van der Waals surface area contributed by atoms with Crippen molar-refractivity contribution >= 4 is 11.8 Å². The Labute approximate surface area is 158 Å². The molecule has 6 heteroatoms. The van der Waals surface area contributed by atoms with Gasteiger partial charge in [-0.1, -0.05) is 36.7 Å². The SMILES string of the molecule is CCc1nocc1C(=O)N1C[C@@H]2CCC[C@]2(NC(=O)c2ccccc2C)C1. The van der Waals surface area contributed by atoms with Crippen molar-refractivity contribution in [3.05, 3.63) is 52.9 Å². The molecule has 1 saturated heterocycles. The Morgan fingerprint density at radius 3 is 2.93 bits per heavy atom. The standard InChI is InChI=1S/C21H25N3O3/c1-3-18-17(12-27-23-18)20(26)24-11-15-8-6-10-21(15,13-24)22-19(25)16-9-5-4-7-14(16)2/h4-5,7,9,12,15H,3,6,8,10-11,13H2,1-2H3,(H,22,25)/t15-,21-/m0/s1. The summed E-state index contributed by atoms with van der Waals surface area (Å²) in [7, 11) is 0. The molecule has 6 nitrogen and oxygen atoms in total. The molecule has 2 aromatic rings. The Morgan fingerprint density at radius 1 is 1.33 bits per heavy atom. The monoisotopic (exact) mass is 367 g/mol. The third kappa shape index (κ3) is 3.03. The van der Waals surface area contributed by atoms with Gasteiger partial charge in [-0.05, 0) is 37.8 Å². The smallest absolute Gasteiger partial charge is 0.259 e. The highest BCUT2D eigenvalue weighted by Crippen LogP contribution is 2.42. The maximum Gasteiger partial charge on any atom is 0.259 e. The summed E-state index contributed by atoms with van der Waals surface area (Å²) < 4.78 is 5.00. The summed E-state index contributed by atoms with van der Waals surface area (Å²) in [5.41, 5.74) is 2.56. The molecule has 2 atom stereocenters. The van der Waals surface area contributed by atoms with Gasteiger partial charge in [-0.2, -0.15) is 0 Å². The Bertz CT molecular complexity index is 875. The summed E-state index contributed by atoms with van der Waals surface area (Å²) in [6.07, 6.45) is 5.11. The van der Waals surface area contributed by atoms with E-state index in [-0.39, 0.29) is 17.4 Å². The van der Waals surface area contributed by atoms with Gasteiger partial charge in [-0.3, -0.25) is 9.59 Å². The van der Waals surface area contributed by atoms with E-state index in [9.17, 15) is 9.59 Å². The number of fused-ring (bicyclic) bond motifs is 1. The summed E-state index contributed by atoms with van der Waals surface area (Å²) in [6.45, 7) is 5.11. The number of benzene rings is 1. The lowest BCUT2D eigenvalue weighted by Gasteiger charge is -2.30. The van der Waals surface area contributed by atoms with Crippen LogP contribution in [-0.4, -0.2) is 40.5 Å². The molecule has 2 amide bonds. The molecule has 0 bridgehead atoms. The molecule has 1 saturated carbocycles. The maximum atomic E-state index is 13.0. The van der Waals surface area contributed by atoms with Gasteiger partial charge >= 0.3 is 0 Å². The quantitative estimate of drug-likeness (QED) is 0.901. The molecule has 2 heterocycles. The zero-order chi connectivity index (χ0) is 19.0. The molecule has 27 heavy (non-hydrogen) atoms. The molecule has 0 spiro atoms. The second-order valence-corrected chi connectivity index (χ2v) is 7.73. The number of carbonyl (C=O) groups excluding carboxylic acids is 2. The van der Waals surface area contributed by atoms with E-state index in [1.54, 1.807) is 0 Å². The topological polar surface area (TPSA) is 75.4 Å². The van der Waals surface area contributed by atoms with Gasteiger partial charge in [0.05, 0.1) is 11.2 Å². The number of nitrogens with zero attached hydrogens (tertiary/aromatic N) is 2. The van der Waals surface area contributed by atoms with E-state index in [4.69, 9.17) is 4.52 Å². The second-order valence-electron chi connectivity index (χ2n) is 7.73. The lowest BCUT2D eigenvalue weighted by atomic mass is 9.90. The molecular weight excluding hydrogens is 342 g/mol. The summed E-state index contributed by atoms with van der Waals surface area (Å²) in [5, 5.41) is 7.22. The number of aryl methyl sites for hydroxylation is 2. The fourth-order valence-corrected chi connectivity index (χ4v) is 4.63. The van der Waals surface area contributed by atoms with Crippen LogP contribution in [0.3, 0.4) is 0 Å². The molecular formula is C21H25N3O3. The van der Waals surface area contributed by atoms with E-state index < -0.39 is 0 Å². The van der Waals surface area contributed by atoms with Crippen molar-refractivity contribution in [2.45, 2.75) is 45.1 Å². The summed E-state index contributed by atoms with van der Waals surface area (Å²) in [6, 6.07) is 7.62. The van der Waals surface area contributed by atoms with Gasteiger partial charge < -0.3 is 14.7 Å². The molecule has 2 aliphatic rings. The van der Waals surface area contributed by atoms with Gasteiger partial charge in [-0.25, -0.2) is 0 Å². The third-order valence-electron chi connectivity index (χ3n) is 6.12. The lowest BCUT2D eigenvalue weighted by molar-refractivity contribution is 0.0760. The molecule has 1 aromatic carbocycles. The first-order valence-corrected chi connectivity index (χ1v) is 9.65. The van der Waals surface area contributed by atoms with Gasteiger partial charge in [0.15, 0.2) is 0 Å². The minimum absolute atomic E-state index is 0.0477. The Kier molecular flexibility index (Phi) is 4.50. The van der Waals surface area contributed by atoms with Crippen LogP contribution in [-0.2, 0) is 6.42 Å². The van der Waals surface area contributed by atoms with Crippen LogP contribution < -0.4 is 5.32 Å². The third-order valence-corrected chi connectivity index (χ3v) is 6.12. The van der Waals surface area contributed by atoms with E-state index in [1.165, 1.54) is 6.26 Å². The zero-order valence-corrected chi connectivity index (χ0v) is 15.8. The first-order chi connectivity index (χ1) is 13.0. The minimum atomic E-state index is -0.335. The van der Waals surface area contributed by atoms with Crippen LogP contribution in [0, 0.1) is 12.8 Å². The molecule has 1 N–H and O–H groups in total. The number of likely N-dealkylation sites (tertiary alicyclic amines) is 1. The van der Waals surface area contributed by atoms with E-state index in [0.717, 1.165) is 24.8 Å². The number of amides is 2. The average molecular weight is 367 g/mol. The molecule has 0 radical (unpaired) electrons. The van der Waals surface area contributed by atoms with E-state index in [2.05, 4.69) is 10.5 Å². The Balaban J connectivity index is 1.55. The first-order valence-electron chi connectivity index (χ1n) is 9.65. The van der Waals surface area contributed by atoms with Crippen molar-refractivity contribution in [3.63, 3.8) is 0 Å². The van der Waals surface area contributed by atoms with Crippen molar-refractivity contribution in [1.29, 1.82) is 0 Å². The number of rotatable bonds is 4. The minimum Gasteiger partial charge on any atom is -0.364 e. The van der Waals surface area contributed by atoms with Crippen LogP contribution in [0.4, 0.5) is 0 Å². The largest absolute Gasteiger partial charge is 0.364 e. The number of hydrogen-bond donors (Lipinski definition) is 1. The zero-order valence-electron chi connectivity index (χ0n) is 15.8. The molecule has 2 fully saturated rings. The van der Waals surface area contributed by atoms with Crippen LogP contribution >= 0.6 is 0 Å². The predicted octanol–water partition coefficient (Wildman–Crippen LogP) is 2.97. The van der Waals surface area contributed by atoms with Crippen LogP contribution in [0.1, 0.15) is 58.2 Å². The molecule has 1 aliphatic carbocycles. The van der Waals surface area contributed by atoms with Crippen molar-refractivity contribution in [2.24, 2.45) is 5.92 Å². The van der Waals surface area contributed by atoms with Crippen LogP contribution in [0.15, 0.2) is 35.1 Å². The normalized spacial score (nSPS) is 24.1. The van der Waals surface area contributed by atoms with Gasteiger partial charge in [0, 0.05) is 24.6 Å². The van der Waals surface area contributed by atoms with Gasteiger partial charge in [-0.15, -0.1) is 0 Å². The highest BCUT2D eigenvalue weighted by atomic mass is 16.5. The van der Waals surface area contributed by atoms with Crippen molar-refractivity contribution in [2.75, 3.05) is 13.1 Å². The highest BCUT2D eigenvalue weighted by molar-refractivity contribution is 5.97. The number of nitrogens with one attached hydrogen (secondary N) is 1. The van der Waals surface area contributed by atoms with E-state index in [1.807, 2.05) is 43.0 Å². The maximum absolute atomic E-state index is 13.0. The second kappa shape index (κ2) is 6.83. The summed E-state index contributed by atoms with van der Waals surface area (Å²) >= 11 is 0. The fourth-order valence-electron chi connectivity index (χ4n) is 4.63. The molecule has 1 aliphatic heterocycles. The van der Waals surface area contributed by atoms with E-state index >= 15 is 0 Å². The first kappa shape index (κ1) is 17.8. The number of aromatic nitrogens is 1.